The van der Waals surface area contributed by atoms with Crippen LogP contribution < -0.4 is 0 Å². The van der Waals surface area contributed by atoms with E-state index in [-0.39, 0.29) is 11.2 Å². The SMILES string of the molecule is CC1=CC(=O)CC(C)(C)/C1=C/C=C(C)/C=C/C=C(C)/C=C/C=O. The van der Waals surface area contributed by atoms with Crippen LogP contribution in [0.1, 0.15) is 41.0 Å². The van der Waals surface area contributed by atoms with Crippen molar-refractivity contribution in [3.63, 3.8) is 0 Å². The smallest absolute Gasteiger partial charge is 0.156 e. The number of aldehydes is 1. The van der Waals surface area contributed by atoms with Gasteiger partial charge in [0.05, 0.1) is 0 Å². The minimum atomic E-state index is -0.119. The number of allylic oxidation sites excluding steroid dienone is 12. The Morgan fingerprint density at radius 2 is 1.70 bits per heavy atom. The molecule has 0 spiro atoms. The highest BCUT2D eigenvalue weighted by Gasteiger charge is 2.30. The number of hydrogen-bond donors (Lipinski definition) is 0. The second kappa shape index (κ2) is 8.42. The molecule has 0 atom stereocenters. The van der Waals surface area contributed by atoms with Gasteiger partial charge in [0, 0.05) is 6.42 Å². The summed E-state index contributed by atoms with van der Waals surface area (Å²) >= 11 is 0. The molecule has 2 nitrogen and oxygen atoms in total. The number of hydrogen-bond acceptors (Lipinski definition) is 2. The van der Waals surface area contributed by atoms with E-state index in [4.69, 9.17) is 0 Å². The second-order valence-electron chi connectivity index (χ2n) is 6.61. The van der Waals surface area contributed by atoms with Crippen molar-refractivity contribution in [2.24, 2.45) is 5.41 Å². The van der Waals surface area contributed by atoms with E-state index >= 15 is 0 Å². The van der Waals surface area contributed by atoms with Gasteiger partial charge < -0.3 is 0 Å². The van der Waals surface area contributed by atoms with Crippen LogP contribution in [-0.4, -0.2) is 12.1 Å². The van der Waals surface area contributed by atoms with Crippen LogP contribution in [0.15, 0.2) is 70.9 Å². The summed E-state index contributed by atoms with van der Waals surface area (Å²) in [5.74, 6) is 0.203. The van der Waals surface area contributed by atoms with Crippen molar-refractivity contribution in [3.8, 4) is 0 Å². The van der Waals surface area contributed by atoms with Gasteiger partial charge in [-0.15, -0.1) is 0 Å². The van der Waals surface area contributed by atoms with Crippen molar-refractivity contribution in [2.75, 3.05) is 0 Å². The molecule has 1 aliphatic carbocycles. The Bertz CT molecular complexity index is 647. The predicted molar refractivity (Wildman–Crippen MR) is 97.1 cm³/mol. The lowest BCUT2D eigenvalue weighted by Crippen LogP contribution is -2.24. The van der Waals surface area contributed by atoms with Crippen molar-refractivity contribution in [1.82, 2.24) is 0 Å². The summed E-state index contributed by atoms with van der Waals surface area (Å²) in [6, 6.07) is 0. The third kappa shape index (κ3) is 6.19. The third-order valence-corrected chi connectivity index (χ3v) is 3.82. The molecule has 0 unspecified atom stereocenters. The maximum Gasteiger partial charge on any atom is 0.156 e. The Morgan fingerprint density at radius 3 is 2.30 bits per heavy atom. The number of ketones is 1. The monoisotopic (exact) mass is 310 g/mol. The fourth-order valence-corrected chi connectivity index (χ4v) is 2.66. The summed E-state index contributed by atoms with van der Waals surface area (Å²) in [4.78, 5) is 21.9. The molecule has 0 saturated carbocycles. The normalized spacial score (nSPS) is 21.3. The molecule has 0 amide bonds. The summed E-state index contributed by atoms with van der Waals surface area (Å²) in [6.45, 7) is 10.2. The van der Waals surface area contributed by atoms with Crippen LogP contribution in [-0.2, 0) is 9.59 Å². The van der Waals surface area contributed by atoms with Crippen LogP contribution >= 0.6 is 0 Å². The molecule has 0 aromatic rings. The lowest BCUT2D eigenvalue weighted by atomic mass is 9.72. The van der Waals surface area contributed by atoms with Gasteiger partial charge in [0.15, 0.2) is 5.78 Å². The zero-order chi connectivity index (χ0) is 17.5. The molecule has 0 aliphatic heterocycles. The van der Waals surface area contributed by atoms with E-state index in [1.54, 1.807) is 12.2 Å². The fraction of sp³-hybridized carbons (Fsp3) is 0.333. The molecule has 1 rings (SSSR count). The second-order valence-corrected chi connectivity index (χ2v) is 6.61. The number of carbonyl (C=O) groups excluding carboxylic acids is 2. The van der Waals surface area contributed by atoms with Crippen molar-refractivity contribution >= 4 is 12.1 Å². The average molecular weight is 310 g/mol. The molecule has 122 valence electrons. The van der Waals surface area contributed by atoms with Gasteiger partial charge in [-0.3, -0.25) is 9.59 Å². The number of rotatable bonds is 5. The molecule has 23 heavy (non-hydrogen) atoms. The standard InChI is InChI=1S/C21H26O2/c1-16(10-7-13-22)8-6-9-17(2)11-12-20-18(3)14-19(23)15-21(20,4)5/h6-14H,15H2,1-5H3/b9-6+,10-7+,16-8+,17-11+,20-12+. The third-order valence-electron chi connectivity index (χ3n) is 3.82. The zero-order valence-electron chi connectivity index (χ0n) is 14.7. The molecular formula is C21H26O2. The zero-order valence-corrected chi connectivity index (χ0v) is 14.7. The van der Waals surface area contributed by atoms with E-state index in [9.17, 15) is 9.59 Å². The quantitative estimate of drug-likeness (QED) is 0.404. The number of carbonyl (C=O) groups is 2. The topological polar surface area (TPSA) is 34.1 Å². The molecule has 0 heterocycles. The van der Waals surface area contributed by atoms with Crippen molar-refractivity contribution < 1.29 is 9.59 Å². The molecule has 0 fully saturated rings. The maximum absolute atomic E-state index is 11.7. The first-order valence-electron chi connectivity index (χ1n) is 7.83. The fourth-order valence-electron chi connectivity index (χ4n) is 2.66. The summed E-state index contributed by atoms with van der Waals surface area (Å²) in [6.07, 6.45) is 16.5. The van der Waals surface area contributed by atoms with Gasteiger partial charge in [-0.05, 0) is 49.5 Å². The molecule has 0 aromatic heterocycles. The molecular weight excluding hydrogens is 284 g/mol. The van der Waals surface area contributed by atoms with Crippen molar-refractivity contribution in [1.29, 1.82) is 0 Å². The van der Waals surface area contributed by atoms with Crippen LogP contribution in [0.2, 0.25) is 0 Å². The minimum absolute atomic E-state index is 0.119. The van der Waals surface area contributed by atoms with Crippen molar-refractivity contribution in [3.05, 3.63) is 70.9 Å². The van der Waals surface area contributed by atoms with E-state index in [0.29, 0.717) is 6.42 Å². The summed E-state index contributed by atoms with van der Waals surface area (Å²) in [5.41, 5.74) is 4.29. The van der Waals surface area contributed by atoms with Gasteiger partial charge in [0.25, 0.3) is 0 Å². The first-order chi connectivity index (χ1) is 10.8. The highest BCUT2D eigenvalue weighted by molar-refractivity contribution is 5.93. The van der Waals surface area contributed by atoms with E-state index in [0.717, 1.165) is 23.0 Å². The van der Waals surface area contributed by atoms with Crippen LogP contribution in [0.5, 0.6) is 0 Å². The highest BCUT2D eigenvalue weighted by atomic mass is 16.1. The predicted octanol–water partition coefficient (Wildman–Crippen LogP) is 5.06. The van der Waals surface area contributed by atoms with E-state index in [2.05, 4.69) is 26.0 Å². The lowest BCUT2D eigenvalue weighted by Gasteiger charge is -2.31. The van der Waals surface area contributed by atoms with Crippen LogP contribution in [0.4, 0.5) is 0 Å². The Hall–Kier alpha value is -2.22. The Kier molecular flexibility index (Phi) is 6.89. The highest BCUT2D eigenvalue weighted by Crippen LogP contribution is 2.38. The minimum Gasteiger partial charge on any atom is -0.299 e. The Morgan fingerprint density at radius 1 is 1.09 bits per heavy atom. The summed E-state index contributed by atoms with van der Waals surface area (Å²) < 4.78 is 0. The Balaban J connectivity index is 2.90. The Labute approximate surface area is 139 Å². The molecule has 0 saturated heterocycles. The molecule has 0 bridgehead atoms. The summed E-state index contributed by atoms with van der Waals surface area (Å²) in [5, 5.41) is 0. The molecule has 2 heteroatoms. The van der Waals surface area contributed by atoms with Gasteiger partial charge in [-0.1, -0.05) is 61.4 Å². The molecule has 0 aromatic carbocycles. The molecule has 0 radical (unpaired) electrons. The lowest BCUT2D eigenvalue weighted by molar-refractivity contribution is -0.116. The van der Waals surface area contributed by atoms with Crippen LogP contribution in [0.25, 0.3) is 0 Å². The first kappa shape index (κ1) is 18.8. The van der Waals surface area contributed by atoms with E-state index in [1.807, 2.05) is 39.0 Å². The molecule has 0 N–H and O–H groups in total. The van der Waals surface area contributed by atoms with Gasteiger partial charge in [0.2, 0.25) is 0 Å². The van der Waals surface area contributed by atoms with Crippen LogP contribution in [0.3, 0.4) is 0 Å². The van der Waals surface area contributed by atoms with Gasteiger partial charge in [-0.25, -0.2) is 0 Å². The van der Waals surface area contributed by atoms with E-state index in [1.165, 1.54) is 11.6 Å². The average Bonchev–Trinajstić information content (AvgIpc) is 2.43. The maximum atomic E-state index is 11.7. The van der Waals surface area contributed by atoms with Gasteiger partial charge in [-0.2, -0.15) is 0 Å². The first-order valence-corrected chi connectivity index (χ1v) is 7.83. The van der Waals surface area contributed by atoms with Crippen molar-refractivity contribution in [2.45, 2.75) is 41.0 Å². The van der Waals surface area contributed by atoms with Crippen LogP contribution in [0, 0.1) is 5.41 Å². The molecule has 1 aliphatic rings. The van der Waals surface area contributed by atoms with E-state index < -0.39 is 0 Å². The summed E-state index contributed by atoms with van der Waals surface area (Å²) in [7, 11) is 0. The largest absolute Gasteiger partial charge is 0.299 e. The van der Waals surface area contributed by atoms with Gasteiger partial charge in [0.1, 0.15) is 6.29 Å². The van der Waals surface area contributed by atoms with Gasteiger partial charge >= 0.3 is 0 Å².